The average molecular weight is 181 g/mol. The Morgan fingerprint density at radius 3 is 1.91 bits per heavy atom. The zero-order chi connectivity index (χ0) is 8.91. The van der Waals surface area contributed by atoms with Crippen LogP contribution in [0, 0.1) is 0 Å². The molecule has 0 spiro atoms. The van der Waals surface area contributed by atoms with Crippen molar-refractivity contribution in [3.8, 4) is 0 Å². The van der Waals surface area contributed by atoms with Gasteiger partial charge in [-0.2, -0.15) is 0 Å². The molecule has 0 atom stereocenters. The Morgan fingerprint density at radius 2 is 1.64 bits per heavy atom. The van der Waals surface area contributed by atoms with E-state index in [1.165, 1.54) is 0 Å². The Hall–Kier alpha value is 0.140. The second-order valence-electron chi connectivity index (χ2n) is 2.28. The van der Waals surface area contributed by atoms with Gasteiger partial charge in [-0.15, -0.1) is 0 Å². The third-order valence-corrected chi connectivity index (χ3v) is 2.13. The number of hydrogen-bond acceptors (Lipinski definition) is 4. The van der Waals surface area contributed by atoms with Gasteiger partial charge in [0.05, 0.1) is 0 Å². The Balaban J connectivity index is 3.85. The fraction of sp³-hybridized carbons (Fsp3) is 0.833. The van der Waals surface area contributed by atoms with Crippen LogP contribution in [0.4, 0.5) is 0 Å². The predicted molar refractivity (Wildman–Crippen MR) is 47.4 cm³/mol. The minimum absolute atomic E-state index is 0.421. The summed E-state index contributed by atoms with van der Waals surface area (Å²) in [7, 11) is -3.66. The molecule has 0 amide bonds. The molecule has 4 nitrogen and oxygen atoms in total. The maximum absolute atomic E-state index is 8.60. The minimum Gasteiger partial charge on any atom is -0.333 e. The van der Waals surface area contributed by atoms with Crippen LogP contribution in [0.3, 0.4) is 0 Å². The molecule has 3 N–H and O–H groups in total. The highest BCUT2D eigenvalue weighted by Gasteiger charge is 2.02. The molecule has 0 aliphatic rings. The first kappa shape index (κ1) is 11.1. The smallest absolute Gasteiger partial charge is 0.247 e. The van der Waals surface area contributed by atoms with Crippen molar-refractivity contribution in [1.82, 2.24) is 4.90 Å². The van der Waals surface area contributed by atoms with Gasteiger partial charge in [-0.25, -0.2) is 0 Å². The third-order valence-electron chi connectivity index (χ3n) is 1.48. The van der Waals surface area contributed by atoms with Crippen molar-refractivity contribution >= 4 is 13.4 Å². The van der Waals surface area contributed by atoms with Crippen LogP contribution in [0.25, 0.3) is 0 Å². The molecule has 0 aliphatic heterocycles. The van der Waals surface area contributed by atoms with E-state index in [9.17, 15) is 0 Å². The number of hydrogen-bond donors (Lipinski definition) is 3. The molecule has 0 fully saturated rings. The van der Waals surface area contributed by atoms with Crippen molar-refractivity contribution in [2.45, 2.75) is 13.8 Å². The van der Waals surface area contributed by atoms with Crippen molar-refractivity contribution < 1.29 is 14.7 Å². The van der Waals surface area contributed by atoms with Gasteiger partial charge in [0, 0.05) is 12.3 Å². The van der Waals surface area contributed by atoms with Crippen molar-refractivity contribution in [2.24, 2.45) is 0 Å². The van der Waals surface area contributed by atoms with Crippen LogP contribution < -0.4 is 0 Å². The van der Waals surface area contributed by atoms with Crippen molar-refractivity contribution in [2.75, 3.05) is 19.6 Å². The molecule has 0 bridgehead atoms. The summed E-state index contributed by atoms with van der Waals surface area (Å²) in [5.74, 6) is 1.15. The molecule has 0 radical (unpaired) electrons. The fourth-order valence-electron chi connectivity index (χ4n) is 0.707. The van der Waals surface area contributed by atoms with Gasteiger partial charge in [0.15, 0.2) is 0 Å². The molecule has 0 heterocycles. The van der Waals surface area contributed by atoms with Crippen molar-refractivity contribution in [3.05, 3.63) is 0 Å². The Morgan fingerprint density at radius 1 is 1.18 bits per heavy atom. The van der Waals surface area contributed by atoms with E-state index in [1.807, 2.05) is 18.7 Å². The van der Waals surface area contributed by atoms with Crippen molar-refractivity contribution in [1.29, 1.82) is 0 Å². The van der Waals surface area contributed by atoms with E-state index in [0.29, 0.717) is 6.54 Å². The summed E-state index contributed by atoms with van der Waals surface area (Å²) in [5, 5.41) is 0. The zero-order valence-electron chi connectivity index (χ0n) is 6.93. The normalized spacial score (nSPS) is 12.2. The van der Waals surface area contributed by atoms with Crippen LogP contribution in [0.15, 0.2) is 0 Å². The molecular weight excluding hydrogens is 165 g/mol. The van der Waals surface area contributed by atoms with Gasteiger partial charge in [-0.1, -0.05) is 13.8 Å². The van der Waals surface area contributed by atoms with E-state index in [1.54, 1.807) is 0 Å². The second kappa shape index (κ2) is 4.91. The Kier molecular flexibility index (Phi) is 4.97. The molecular formula is C6H16NO3P. The topological polar surface area (TPSA) is 63.9 Å². The summed E-state index contributed by atoms with van der Waals surface area (Å²) in [6, 6.07) is 0. The first-order valence-electron chi connectivity index (χ1n) is 3.63. The van der Waals surface area contributed by atoms with E-state index in [-0.39, 0.29) is 0 Å². The summed E-state index contributed by atoms with van der Waals surface area (Å²) in [4.78, 5) is 27.8. The van der Waals surface area contributed by atoms with Crippen LogP contribution >= 0.6 is 7.57 Å². The summed E-state index contributed by atoms with van der Waals surface area (Å²) >= 11 is 0. The molecule has 0 saturated heterocycles. The maximum Gasteiger partial charge on any atom is 0.247 e. The van der Waals surface area contributed by atoms with Crippen LogP contribution in [-0.4, -0.2) is 45.0 Å². The fourth-order valence-corrected chi connectivity index (χ4v) is 1.16. The van der Waals surface area contributed by atoms with Gasteiger partial charge in [-0.3, -0.25) is 4.90 Å². The molecule has 0 rings (SSSR count). The van der Waals surface area contributed by atoms with E-state index >= 15 is 0 Å². The number of nitrogens with zero attached hydrogens (tertiary/aromatic N) is 1. The Bertz CT molecular complexity index is 142. The maximum atomic E-state index is 8.60. The van der Waals surface area contributed by atoms with E-state index in [0.717, 1.165) is 18.9 Å². The predicted octanol–water partition coefficient (Wildman–Crippen LogP) is -0.130. The van der Waals surface area contributed by atoms with Crippen LogP contribution in [-0.2, 0) is 0 Å². The summed E-state index contributed by atoms with van der Waals surface area (Å²) < 4.78 is 0. The third kappa shape index (κ3) is 6.53. The highest BCUT2D eigenvalue weighted by molar-refractivity contribution is 7.58. The summed E-state index contributed by atoms with van der Waals surface area (Å²) in [6.45, 7) is 6.05. The summed E-state index contributed by atoms with van der Waals surface area (Å²) in [5.41, 5.74) is 0. The molecule has 0 aromatic heterocycles. The van der Waals surface area contributed by atoms with Gasteiger partial charge < -0.3 is 14.7 Å². The molecule has 5 heteroatoms. The van der Waals surface area contributed by atoms with E-state index in [4.69, 9.17) is 14.7 Å². The van der Waals surface area contributed by atoms with Gasteiger partial charge in [0.25, 0.3) is 0 Å². The first-order valence-corrected chi connectivity index (χ1v) is 5.35. The largest absolute Gasteiger partial charge is 0.333 e. The number of rotatable bonds is 4. The lowest BCUT2D eigenvalue weighted by molar-refractivity contribution is 0.342. The van der Waals surface area contributed by atoms with E-state index < -0.39 is 7.57 Å². The SMILES string of the molecule is CCN(CC)CC=P(O)(O)O. The lowest BCUT2D eigenvalue weighted by Crippen LogP contribution is -2.25. The molecule has 68 valence electrons. The molecule has 0 aliphatic carbocycles. The van der Waals surface area contributed by atoms with Gasteiger partial charge in [0.2, 0.25) is 7.57 Å². The monoisotopic (exact) mass is 181 g/mol. The molecule has 11 heavy (non-hydrogen) atoms. The quantitative estimate of drug-likeness (QED) is 0.529. The zero-order valence-corrected chi connectivity index (χ0v) is 7.83. The first-order chi connectivity index (χ1) is 4.99. The molecule has 0 aromatic rings. The molecule has 0 saturated carbocycles. The van der Waals surface area contributed by atoms with Gasteiger partial charge in [-0.05, 0) is 13.1 Å². The minimum atomic E-state index is -3.66. The van der Waals surface area contributed by atoms with Crippen molar-refractivity contribution in [3.63, 3.8) is 0 Å². The lowest BCUT2D eigenvalue weighted by atomic mass is 10.5. The van der Waals surface area contributed by atoms with Gasteiger partial charge in [0.1, 0.15) is 0 Å². The average Bonchev–Trinajstić information content (AvgIpc) is 1.88. The summed E-state index contributed by atoms with van der Waals surface area (Å²) in [6.07, 6.45) is 0. The molecule has 0 aromatic carbocycles. The second-order valence-corrected chi connectivity index (χ2v) is 3.88. The Labute approximate surface area is 67.3 Å². The van der Waals surface area contributed by atoms with Crippen LogP contribution in [0.2, 0.25) is 0 Å². The standard InChI is InChI=1S/C6H16NO3P/c1-3-7(4-2)5-6-11(8,9)10/h6,8-10H,3-5H2,1-2H3. The van der Waals surface area contributed by atoms with Crippen LogP contribution in [0.5, 0.6) is 0 Å². The highest BCUT2D eigenvalue weighted by atomic mass is 31.2. The highest BCUT2D eigenvalue weighted by Crippen LogP contribution is 2.28. The lowest BCUT2D eigenvalue weighted by Gasteiger charge is -2.15. The van der Waals surface area contributed by atoms with E-state index in [2.05, 4.69) is 0 Å². The molecule has 0 unspecified atom stereocenters. The van der Waals surface area contributed by atoms with Crippen LogP contribution in [0.1, 0.15) is 13.8 Å². The van der Waals surface area contributed by atoms with Gasteiger partial charge >= 0.3 is 0 Å².